The van der Waals surface area contributed by atoms with Crippen LogP contribution in [0.4, 0.5) is 10.1 Å². The molecule has 2 amide bonds. The molecule has 1 aromatic carbocycles. The Labute approximate surface area is 218 Å². The van der Waals surface area contributed by atoms with Gasteiger partial charge in [0.1, 0.15) is 5.82 Å². The van der Waals surface area contributed by atoms with Gasteiger partial charge in [0.2, 0.25) is 0 Å². The molecule has 3 aliphatic heterocycles. The van der Waals surface area contributed by atoms with Gasteiger partial charge < -0.3 is 24.7 Å². The normalized spacial score (nSPS) is 20.4. The largest absolute Gasteiger partial charge is 0.438 e. The van der Waals surface area contributed by atoms with Crippen LogP contribution < -0.4 is 10.2 Å². The Bertz CT molecular complexity index is 1420. The Kier molecular flexibility index (Phi) is 6.62. The summed E-state index contributed by atoms with van der Waals surface area (Å²) >= 11 is 0. The number of fused-ring (bicyclic) bond motifs is 2. The molecule has 198 valence electrons. The molecule has 2 bridgehead atoms. The summed E-state index contributed by atoms with van der Waals surface area (Å²) in [4.78, 5) is 60.7. The van der Waals surface area contributed by atoms with E-state index in [0.717, 1.165) is 25.2 Å². The number of hydrogen-bond donors (Lipinski definition) is 1. The predicted molar refractivity (Wildman–Crippen MR) is 135 cm³/mol. The number of esters is 1. The van der Waals surface area contributed by atoms with Crippen LogP contribution in [0.25, 0.3) is 11.6 Å². The van der Waals surface area contributed by atoms with Gasteiger partial charge in [-0.2, -0.15) is 4.73 Å². The number of benzene rings is 1. The highest BCUT2D eigenvalue weighted by Crippen LogP contribution is 2.37. The third-order valence-corrected chi connectivity index (χ3v) is 7.09. The standard InChI is InChI=1S/C27H27FN4O6/c1-4-30(5-2)10-11-31-22-14-21-25(27(31)36)15(3)20(32(21)38-24(34)9-8-23(33)37-22)13-18-17-12-16(28)6-7-19(17)29-26(18)35/h6-9,12-13,22H,4-5,10-11,14H2,1-3H3,(H,29,35)/b9-8-,18-13-. The smallest absolute Gasteiger partial charge is 0.356 e. The summed E-state index contributed by atoms with van der Waals surface area (Å²) in [5.74, 6) is -2.98. The van der Waals surface area contributed by atoms with Crippen molar-refractivity contribution in [1.29, 1.82) is 0 Å². The van der Waals surface area contributed by atoms with Gasteiger partial charge in [-0.25, -0.2) is 14.0 Å². The first-order chi connectivity index (χ1) is 18.2. The Balaban J connectivity index is 1.65. The van der Waals surface area contributed by atoms with E-state index in [9.17, 15) is 23.6 Å². The topological polar surface area (TPSA) is 110 Å². The first kappa shape index (κ1) is 25.4. The second-order valence-electron chi connectivity index (χ2n) is 9.19. The van der Waals surface area contributed by atoms with Crippen LogP contribution in [0.1, 0.15) is 46.7 Å². The molecule has 1 unspecified atom stereocenters. The Morgan fingerprint density at radius 2 is 1.87 bits per heavy atom. The minimum absolute atomic E-state index is 0.0770. The lowest BCUT2D eigenvalue weighted by Crippen LogP contribution is -2.51. The second kappa shape index (κ2) is 9.90. The number of anilines is 1. The van der Waals surface area contributed by atoms with Crippen LogP contribution in [0.15, 0.2) is 30.4 Å². The van der Waals surface area contributed by atoms with E-state index in [1.807, 2.05) is 13.8 Å². The summed E-state index contributed by atoms with van der Waals surface area (Å²) < 4.78 is 20.8. The summed E-state index contributed by atoms with van der Waals surface area (Å²) in [5.41, 5.74) is 2.37. The van der Waals surface area contributed by atoms with Gasteiger partial charge in [0.25, 0.3) is 11.8 Å². The van der Waals surface area contributed by atoms with E-state index in [4.69, 9.17) is 9.57 Å². The number of ether oxygens (including phenoxy) is 1. The maximum Gasteiger partial charge on any atom is 0.356 e. The van der Waals surface area contributed by atoms with Crippen molar-refractivity contribution in [3.63, 3.8) is 0 Å². The number of nitrogens with zero attached hydrogens (tertiary/aromatic N) is 3. The van der Waals surface area contributed by atoms with Crippen molar-refractivity contribution in [3.8, 4) is 0 Å². The molecule has 5 rings (SSSR count). The number of hydrogen-bond acceptors (Lipinski definition) is 7. The van der Waals surface area contributed by atoms with Crippen LogP contribution in [0, 0.1) is 12.7 Å². The van der Waals surface area contributed by atoms with Crippen molar-refractivity contribution in [1.82, 2.24) is 14.5 Å². The van der Waals surface area contributed by atoms with Crippen molar-refractivity contribution in [3.05, 3.63) is 64.2 Å². The first-order valence-electron chi connectivity index (χ1n) is 12.4. The molecule has 4 heterocycles. The van der Waals surface area contributed by atoms with E-state index in [2.05, 4.69) is 10.2 Å². The van der Waals surface area contributed by atoms with Crippen LogP contribution in [0.2, 0.25) is 0 Å². The molecule has 10 nitrogen and oxygen atoms in total. The van der Waals surface area contributed by atoms with Gasteiger partial charge >= 0.3 is 11.9 Å². The molecule has 3 aliphatic rings. The lowest BCUT2D eigenvalue weighted by Gasteiger charge is -2.36. The van der Waals surface area contributed by atoms with Crippen molar-refractivity contribution in [2.24, 2.45) is 0 Å². The highest BCUT2D eigenvalue weighted by molar-refractivity contribution is 6.35. The summed E-state index contributed by atoms with van der Waals surface area (Å²) in [6, 6.07) is 3.95. The zero-order valence-corrected chi connectivity index (χ0v) is 21.2. The summed E-state index contributed by atoms with van der Waals surface area (Å²) in [5, 5.41) is 2.69. The molecule has 1 N–H and O–H groups in total. The van der Waals surface area contributed by atoms with Crippen LogP contribution in [-0.2, 0) is 25.5 Å². The van der Waals surface area contributed by atoms with Crippen molar-refractivity contribution < 1.29 is 33.1 Å². The predicted octanol–water partition coefficient (Wildman–Crippen LogP) is 2.16. The molecule has 0 radical (unpaired) electrons. The maximum atomic E-state index is 14.0. The summed E-state index contributed by atoms with van der Waals surface area (Å²) in [7, 11) is 0. The molecule has 0 spiro atoms. The number of aromatic nitrogens is 1. The van der Waals surface area contributed by atoms with Gasteiger partial charge in [0.05, 0.1) is 22.5 Å². The number of likely N-dealkylation sites (N-methyl/N-ethyl adjacent to an activating group) is 1. The highest BCUT2D eigenvalue weighted by atomic mass is 19.1. The number of nitrogens with one attached hydrogen (secondary N) is 1. The summed E-state index contributed by atoms with van der Waals surface area (Å²) in [6.07, 6.45) is 2.53. The molecule has 0 aliphatic carbocycles. The van der Waals surface area contributed by atoms with Crippen LogP contribution in [0.3, 0.4) is 0 Å². The summed E-state index contributed by atoms with van der Waals surface area (Å²) in [6.45, 7) is 8.22. The average molecular weight is 523 g/mol. The van der Waals surface area contributed by atoms with Gasteiger partial charge in [-0.15, -0.1) is 0 Å². The Hall–Kier alpha value is -4.25. The molecular weight excluding hydrogens is 495 g/mol. The molecule has 38 heavy (non-hydrogen) atoms. The quantitative estimate of drug-likeness (QED) is 0.457. The minimum atomic E-state index is -0.919. The van der Waals surface area contributed by atoms with Crippen molar-refractivity contribution >= 4 is 41.1 Å². The number of carbonyl (C=O) groups excluding carboxylic acids is 4. The zero-order valence-electron chi connectivity index (χ0n) is 21.2. The number of carbonyl (C=O) groups is 4. The van der Waals surface area contributed by atoms with E-state index < -0.39 is 29.9 Å². The van der Waals surface area contributed by atoms with E-state index in [0.29, 0.717) is 41.2 Å². The van der Waals surface area contributed by atoms with Crippen molar-refractivity contribution in [2.75, 3.05) is 31.5 Å². The Morgan fingerprint density at radius 1 is 1.13 bits per heavy atom. The Morgan fingerprint density at radius 3 is 2.61 bits per heavy atom. The van der Waals surface area contributed by atoms with Gasteiger partial charge in [0, 0.05) is 42.9 Å². The first-order valence-corrected chi connectivity index (χ1v) is 12.4. The minimum Gasteiger partial charge on any atom is -0.438 e. The molecule has 11 heteroatoms. The van der Waals surface area contributed by atoms with Gasteiger partial charge in [0.15, 0.2) is 6.23 Å². The van der Waals surface area contributed by atoms with Gasteiger partial charge in [-0.3, -0.25) is 9.59 Å². The number of rotatable bonds is 6. The molecule has 1 aromatic heterocycles. The lowest BCUT2D eigenvalue weighted by atomic mass is 10.00. The fraction of sp³-hybridized carbons (Fsp3) is 0.333. The van der Waals surface area contributed by atoms with Crippen molar-refractivity contribution in [2.45, 2.75) is 33.4 Å². The number of amides is 2. The SMILES string of the molecule is CCN(CC)CCN1C(=O)c2c(C)c(/C=C3\C(=O)Nc4ccc(F)cc43)n3c2CC1OC(=O)/C=C\C(=O)O3. The molecule has 0 fully saturated rings. The van der Waals surface area contributed by atoms with Crippen LogP contribution >= 0.6 is 0 Å². The fourth-order valence-electron chi connectivity index (χ4n) is 5.04. The molecular formula is C27H27FN4O6. The van der Waals surface area contributed by atoms with E-state index >= 15 is 0 Å². The highest BCUT2D eigenvalue weighted by Gasteiger charge is 2.41. The number of halogens is 1. The average Bonchev–Trinajstić information content (AvgIpc) is 3.33. The fourth-order valence-corrected chi connectivity index (χ4v) is 5.04. The van der Waals surface area contributed by atoms with Gasteiger partial charge in [-0.1, -0.05) is 13.8 Å². The molecule has 0 saturated carbocycles. The third-order valence-electron chi connectivity index (χ3n) is 7.09. The lowest BCUT2D eigenvalue weighted by molar-refractivity contribution is -0.153. The maximum absolute atomic E-state index is 14.0. The molecule has 1 atom stereocenters. The molecule has 2 aromatic rings. The zero-order chi connectivity index (χ0) is 27.1. The monoisotopic (exact) mass is 522 g/mol. The van der Waals surface area contributed by atoms with Crippen LogP contribution in [-0.4, -0.2) is 70.7 Å². The second-order valence-corrected chi connectivity index (χ2v) is 9.19. The molecule has 0 saturated heterocycles. The van der Waals surface area contributed by atoms with E-state index in [1.165, 1.54) is 33.9 Å². The van der Waals surface area contributed by atoms with Gasteiger partial charge in [-0.05, 0) is 49.9 Å². The van der Waals surface area contributed by atoms with Crippen LogP contribution in [0.5, 0.6) is 0 Å². The van der Waals surface area contributed by atoms with E-state index in [-0.39, 0.29) is 23.6 Å². The third kappa shape index (κ3) is 4.38. The van der Waals surface area contributed by atoms with E-state index in [1.54, 1.807) is 6.92 Å².